The summed E-state index contributed by atoms with van der Waals surface area (Å²) in [5, 5.41) is 3.73. The Labute approximate surface area is 222 Å². The molecule has 1 atom stereocenters. The molecule has 0 fully saturated rings. The van der Waals surface area contributed by atoms with Crippen LogP contribution in [0.25, 0.3) is 0 Å². The van der Waals surface area contributed by atoms with Crippen LogP contribution in [0.15, 0.2) is 70.5 Å². The predicted octanol–water partition coefficient (Wildman–Crippen LogP) is 9.08. The molecule has 33 heavy (non-hydrogen) atoms. The van der Waals surface area contributed by atoms with E-state index in [1.54, 1.807) is 16.7 Å². The maximum atomic E-state index is 13.5. The zero-order chi connectivity index (χ0) is 23.8. The van der Waals surface area contributed by atoms with Gasteiger partial charge < -0.3 is 10.2 Å². The normalized spacial score (nSPS) is 15.5. The highest BCUT2D eigenvalue weighted by atomic mass is 127. The molecule has 0 bridgehead atoms. The van der Waals surface area contributed by atoms with Crippen LogP contribution in [0.3, 0.4) is 0 Å². The monoisotopic (exact) mass is 636 g/mol. The molecule has 1 aliphatic rings. The summed E-state index contributed by atoms with van der Waals surface area (Å²) < 4.78 is 41.5. The van der Waals surface area contributed by atoms with Crippen molar-refractivity contribution in [1.29, 1.82) is 0 Å². The quantitative estimate of drug-likeness (QED) is 0.174. The highest BCUT2D eigenvalue weighted by Crippen LogP contribution is 2.53. The van der Waals surface area contributed by atoms with Crippen molar-refractivity contribution in [2.75, 3.05) is 16.0 Å². The first-order valence-corrected chi connectivity index (χ1v) is 13.6. The first-order chi connectivity index (χ1) is 15.7. The lowest BCUT2D eigenvalue weighted by molar-refractivity contribution is -0.137. The summed E-state index contributed by atoms with van der Waals surface area (Å²) in [5.41, 5.74) is 1.36. The van der Waals surface area contributed by atoms with Crippen molar-refractivity contribution in [3.63, 3.8) is 0 Å². The maximum Gasteiger partial charge on any atom is 0.416 e. The molecule has 0 aliphatic carbocycles. The molecule has 3 aromatic carbocycles. The van der Waals surface area contributed by atoms with Gasteiger partial charge in [0.1, 0.15) is 5.37 Å². The first kappa shape index (κ1) is 25.0. The molecule has 10 heteroatoms. The van der Waals surface area contributed by atoms with E-state index in [2.05, 4.69) is 34.8 Å². The minimum atomic E-state index is -4.45. The van der Waals surface area contributed by atoms with Crippen LogP contribution in [0.4, 0.5) is 24.5 Å². The molecule has 0 amide bonds. The van der Waals surface area contributed by atoms with Gasteiger partial charge in [-0.15, -0.1) is 11.8 Å². The van der Waals surface area contributed by atoms with Gasteiger partial charge in [0.15, 0.2) is 5.11 Å². The summed E-state index contributed by atoms with van der Waals surface area (Å²) in [4.78, 5) is 3.48. The largest absolute Gasteiger partial charge is 0.416 e. The fourth-order valence-corrected chi connectivity index (χ4v) is 6.71. The Morgan fingerprint density at radius 1 is 1.18 bits per heavy atom. The summed E-state index contributed by atoms with van der Waals surface area (Å²) >= 11 is 17.4. The molecule has 172 valence electrons. The Kier molecular flexibility index (Phi) is 7.74. The van der Waals surface area contributed by atoms with Crippen LogP contribution < -0.4 is 10.2 Å². The smallest absolute Gasteiger partial charge is 0.332 e. The summed E-state index contributed by atoms with van der Waals surface area (Å²) in [5.74, 6) is 0.878. The van der Waals surface area contributed by atoms with Crippen LogP contribution >= 0.6 is 69.9 Å². The van der Waals surface area contributed by atoms with Crippen molar-refractivity contribution in [2.45, 2.75) is 28.3 Å². The van der Waals surface area contributed by atoms with Gasteiger partial charge in [0.2, 0.25) is 0 Å². The van der Waals surface area contributed by atoms with Gasteiger partial charge in [-0.1, -0.05) is 36.4 Å². The summed E-state index contributed by atoms with van der Waals surface area (Å²) in [6, 6.07) is 17.2. The SMILES string of the molecule is CCSc1cc(Cl)cc(C2Sc3ccc(C(F)(F)F)cc3N2C(=S)Nc2cccc(I)c2)c1. The fourth-order valence-electron chi connectivity index (χ4n) is 3.44. The lowest BCUT2D eigenvalue weighted by Crippen LogP contribution is -2.34. The molecule has 0 spiro atoms. The number of nitrogens with one attached hydrogen (secondary N) is 1. The zero-order valence-corrected chi connectivity index (χ0v) is 22.5. The number of hydrogen-bond donors (Lipinski definition) is 1. The van der Waals surface area contributed by atoms with Crippen molar-refractivity contribution < 1.29 is 13.2 Å². The molecule has 1 aliphatic heterocycles. The number of thioether (sulfide) groups is 2. The van der Waals surface area contributed by atoms with Gasteiger partial charge in [-0.25, -0.2) is 0 Å². The van der Waals surface area contributed by atoms with E-state index in [1.165, 1.54) is 17.8 Å². The number of nitrogens with zero attached hydrogens (tertiary/aromatic N) is 1. The molecule has 4 rings (SSSR count). The third-order valence-corrected chi connectivity index (χ3v) is 8.15. The van der Waals surface area contributed by atoms with Crippen molar-refractivity contribution in [3.8, 4) is 0 Å². The van der Waals surface area contributed by atoms with Crippen LogP contribution in [0.2, 0.25) is 5.02 Å². The minimum absolute atomic E-state index is 0.317. The predicted molar refractivity (Wildman–Crippen MR) is 146 cm³/mol. The number of hydrogen-bond acceptors (Lipinski definition) is 3. The number of halogens is 5. The average Bonchev–Trinajstić information content (AvgIpc) is 3.12. The van der Waals surface area contributed by atoms with Crippen molar-refractivity contribution in [2.24, 2.45) is 0 Å². The van der Waals surface area contributed by atoms with Gasteiger partial charge in [-0.05, 0) is 101 Å². The number of anilines is 2. The van der Waals surface area contributed by atoms with Crippen LogP contribution in [-0.4, -0.2) is 10.9 Å². The van der Waals surface area contributed by atoms with Gasteiger partial charge in [0.05, 0.1) is 11.3 Å². The summed E-state index contributed by atoms with van der Waals surface area (Å²) in [6.45, 7) is 2.05. The molecule has 3 aromatic rings. The fraction of sp³-hybridized carbons (Fsp3) is 0.174. The lowest BCUT2D eigenvalue weighted by atomic mass is 10.1. The van der Waals surface area contributed by atoms with Crippen LogP contribution in [0, 0.1) is 3.57 Å². The Morgan fingerprint density at radius 2 is 1.97 bits per heavy atom. The van der Waals surface area contributed by atoms with Crippen molar-refractivity contribution in [3.05, 3.63) is 80.4 Å². The minimum Gasteiger partial charge on any atom is -0.332 e. The van der Waals surface area contributed by atoms with E-state index in [0.717, 1.165) is 42.5 Å². The third kappa shape index (κ3) is 5.75. The second-order valence-electron chi connectivity index (χ2n) is 7.11. The third-order valence-electron chi connectivity index (χ3n) is 4.80. The van der Waals surface area contributed by atoms with Gasteiger partial charge in [0.25, 0.3) is 0 Å². The molecular formula is C23H17ClF3IN2S3. The summed E-state index contributed by atoms with van der Waals surface area (Å²) in [7, 11) is 0. The Hall–Kier alpha value is -1.14. The molecule has 1 heterocycles. The van der Waals surface area contributed by atoms with E-state index in [0.29, 0.717) is 15.8 Å². The molecular weight excluding hydrogens is 620 g/mol. The second kappa shape index (κ2) is 10.2. The standard InChI is InChI=1S/C23H17ClF3IN2S3/c1-2-32-18-9-13(8-15(24)11-18)21-30(22(31)29-17-5-3-4-16(28)12-17)19-10-14(23(25,26)27)6-7-20(19)33-21/h3-12,21H,2H2,1H3,(H,29,31). The van der Waals surface area contributed by atoms with E-state index in [-0.39, 0.29) is 5.37 Å². The number of rotatable bonds is 4. The second-order valence-corrected chi connectivity index (χ2v) is 11.6. The van der Waals surface area contributed by atoms with E-state index >= 15 is 0 Å². The maximum absolute atomic E-state index is 13.5. The van der Waals surface area contributed by atoms with E-state index in [1.807, 2.05) is 42.5 Å². The van der Waals surface area contributed by atoms with Crippen molar-refractivity contribution in [1.82, 2.24) is 0 Å². The van der Waals surface area contributed by atoms with Gasteiger partial charge >= 0.3 is 6.18 Å². The van der Waals surface area contributed by atoms with Gasteiger partial charge in [0, 0.05) is 24.1 Å². The first-order valence-electron chi connectivity index (χ1n) is 9.82. The highest BCUT2D eigenvalue weighted by molar-refractivity contribution is 14.1. The molecule has 2 nitrogen and oxygen atoms in total. The lowest BCUT2D eigenvalue weighted by Gasteiger charge is -2.28. The molecule has 1 N–H and O–H groups in total. The molecule has 0 saturated carbocycles. The van der Waals surface area contributed by atoms with Crippen LogP contribution in [-0.2, 0) is 6.18 Å². The topological polar surface area (TPSA) is 15.3 Å². The van der Waals surface area contributed by atoms with Gasteiger partial charge in [-0.3, -0.25) is 0 Å². The average molecular weight is 637 g/mol. The number of alkyl halides is 3. The van der Waals surface area contributed by atoms with E-state index < -0.39 is 11.7 Å². The Bertz CT molecular complexity index is 1210. The Morgan fingerprint density at radius 3 is 2.67 bits per heavy atom. The molecule has 0 aromatic heterocycles. The van der Waals surface area contributed by atoms with Crippen molar-refractivity contribution >= 4 is 86.4 Å². The number of benzene rings is 3. The van der Waals surface area contributed by atoms with Gasteiger partial charge in [-0.2, -0.15) is 13.2 Å². The molecule has 0 radical (unpaired) electrons. The van der Waals surface area contributed by atoms with E-state index in [4.69, 9.17) is 23.8 Å². The number of fused-ring (bicyclic) bond motifs is 1. The summed E-state index contributed by atoms with van der Waals surface area (Å²) in [6.07, 6.45) is -4.45. The van der Waals surface area contributed by atoms with E-state index in [9.17, 15) is 13.2 Å². The van der Waals surface area contributed by atoms with Crippen LogP contribution in [0.1, 0.15) is 23.4 Å². The highest BCUT2D eigenvalue weighted by Gasteiger charge is 2.38. The Balaban J connectivity index is 1.78. The number of thiocarbonyl (C=S) groups is 1. The van der Waals surface area contributed by atoms with Crippen LogP contribution in [0.5, 0.6) is 0 Å². The zero-order valence-electron chi connectivity index (χ0n) is 17.1. The molecule has 1 unspecified atom stereocenters. The molecule has 0 saturated heterocycles.